The van der Waals surface area contributed by atoms with Crippen LogP contribution in [0.25, 0.3) is 0 Å². The summed E-state index contributed by atoms with van der Waals surface area (Å²) in [5.41, 5.74) is -0.371. The predicted octanol–water partition coefficient (Wildman–Crippen LogP) is 4.34. The smallest absolute Gasteiger partial charge is 0.308 e. The monoisotopic (exact) mass is 438 g/mol. The Bertz CT molecular complexity index is 1200. The largest absolute Gasteiger partial charge is 0.416 e. The highest BCUT2D eigenvalue weighted by molar-refractivity contribution is 7.91. The van der Waals surface area contributed by atoms with E-state index in [2.05, 4.69) is 4.98 Å². The number of alkyl halides is 3. The van der Waals surface area contributed by atoms with E-state index in [4.69, 9.17) is 0 Å². The van der Waals surface area contributed by atoms with Crippen LogP contribution in [0.2, 0.25) is 0 Å². The summed E-state index contributed by atoms with van der Waals surface area (Å²) in [6.07, 6.45) is -4.15. The van der Waals surface area contributed by atoms with Gasteiger partial charge in [-0.1, -0.05) is 37.3 Å². The first-order valence-corrected chi connectivity index (χ1v) is 10.9. The quantitative estimate of drug-likeness (QED) is 0.622. The van der Waals surface area contributed by atoms with E-state index in [1.807, 2.05) is 0 Å². The molecule has 0 radical (unpaired) electrons. The van der Waals surface area contributed by atoms with Crippen molar-refractivity contribution in [3.05, 3.63) is 87.6 Å². The molecule has 3 aromatic rings. The maximum atomic E-state index is 13.0. The van der Waals surface area contributed by atoms with Crippen molar-refractivity contribution >= 4 is 9.84 Å². The van der Waals surface area contributed by atoms with Crippen molar-refractivity contribution < 1.29 is 21.6 Å². The van der Waals surface area contributed by atoms with Crippen molar-refractivity contribution in [3.63, 3.8) is 0 Å². The van der Waals surface area contributed by atoms with Gasteiger partial charge < -0.3 is 4.98 Å². The highest BCUT2D eigenvalue weighted by Gasteiger charge is 2.31. The molecule has 3 rings (SSSR count). The molecule has 0 aliphatic heterocycles. The standard InChI is InChI=1S/C21H21F3N2O3S/c1-3-18-19(14(2)30(28,29)17-10-5-4-6-11-17)25-20(27)26(18)13-15-8-7-9-16(12-15)21(22,23)24/h4-12,14H,3,13H2,1-2H3,(H,25,27)/t14-/m0/s1. The Labute approximate surface area is 172 Å². The van der Waals surface area contributed by atoms with Gasteiger partial charge in [0.25, 0.3) is 0 Å². The third-order valence-electron chi connectivity index (χ3n) is 5.00. The second-order valence-corrected chi connectivity index (χ2v) is 9.20. The first kappa shape index (κ1) is 21.9. The summed E-state index contributed by atoms with van der Waals surface area (Å²) >= 11 is 0. The molecule has 5 nitrogen and oxygen atoms in total. The zero-order chi connectivity index (χ0) is 22.1. The lowest BCUT2D eigenvalue weighted by Gasteiger charge is -2.15. The Morgan fingerprint density at radius 1 is 1.07 bits per heavy atom. The van der Waals surface area contributed by atoms with Gasteiger partial charge in [-0.3, -0.25) is 4.57 Å². The zero-order valence-corrected chi connectivity index (χ0v) is 17.2. The average molecular weight is 438 g/mol. The van der Waals surface area contributed by atoms with Crippen LogP contribution >= 0.6 is 0 Å². The number of sulfone groups is 1. The van der Waals surface area contributed by atoms with Crippen molar-refractivity contribution in [2.75, 3.05) is 0 Å². The number of imidazole rings is 1. The van der Waals surface area contributed by atoms with Crippen LogP contribution in [0.5, 0.6) is 0 Å². The molecule has 1 heterocycles. The van der Waals surface area contributed by atoms with E-state index < -0.39 is 32.5 Å². The number of nitrogens with one attached hydrogen (secondary N) is 1. The number of hydrogen-bond acceptors (Lipinski definition) is 3. The van der Waals surface area contributed by atoms with Gasteiger partial charge in [0.15, 0.2) is 9.84 Å². The number of H-pyrrole nitrogens is 1. The molecule has 160 valence electrons. The number of hydrogen-bond donors (Lipinski definition) is 1. The van der Waals surface area contributed by atoms with E-state index in [0.29, 0.717) is 17.7 Å². The summed E-state index contributed by atoms with van der Waals surface area (Å²) in [4.78, 5) is 15.3. The maximum Gasteiger partial charge on any atom is 0.416 e. The normalized spacial score (nSPS) is 13.4. The van der Waals surface area contributed by atoms with E-state index >= 15 is 0 Å². The maximum absolute atomic E-state index is 13.0. The molecule has 0 aliphatic rings. The van der Waals surface area contributed by atoms with E-state index in [0.717, 1.165) is 12.1 Å². The van der Waals surface area contributed by atoms with Crippen LogP contribution in [-0.2, 0) is 29.0 Å². The van der Waals surface area contributed by atoms with E-state index in [1.165, 1.54) is 35.8 Å². The number of benzene rings is 2. The Hall–Kier alpha value is -2.81. The lowest BCUT2D eigenvalue weighted by Crippen LogP contribution is -2.19. The fourth-order valence-corrected chi connectivity index (χ4v) is 4.86. The van der Waals surface area contributed by atoms with Crippen LogP contribution in [0.3, 0.4) is 0 Å². The number of halogens is 3. The fraction of sp³-hybridized carbons (Fsp3) is 0.286. The lowest BCUT2D eigenvalue weighted by atomic mass is 10.1. The van der Waals surface area contributed by atoms with Crippen molar-refractivity contribution in [2.24, 2.45) is 0 Å². The Morgan fingerprint density at radius 2 is 1.73 bits per heavy atom. The molecule has 2 aromatic carbocycles. The van der Waals surface area contributed by atoms with Crippen LogP contribution in [0.15, 0.2) is 64.3 Å². The van der Waals surface area contributed by atoms with Crippen LogP contribution in [0.4, 0.5) is 13.2 Å². The molecule has 30 heavy (non-hydrogen) atoms. The summed E-state index contributed by atoms with van der Waals surface area (Å²) in [6.45, 7) is 3.15. The van der Waals surface area contributed by atoms with E-state index in [-0.39, 0.29) is 17.1 Å². The first-order chi connectivity index (χ1) is 14.1. The number of nitrogens with zero attached hydrogens (tertiary/aromatic N) is 1. The van der Waals surface area contributed by atoms with Gasteiger partial charge in [0, 0.05) is 5.69 Å². The molecule has 0 fully saturated rings. The molecule has 1 aromatic heterocycles. The summed E-state index contributed by atoms with van der Waals surface area (Å²) in [6, 6.07) is 12.6. The lowest BCUT2D eigenvalue weighted by molar-refractivity contribution is -0.137. The van der Waals surface area contributed by atoms with Crippen molar-refractivity contribution in [2.45, 2.75) is 43.1 Å². The number of aromatic amines is 1. The molecule has 0 aliphatic carbocycles. The van der Waals surface area contributed by atoms with Gasteiger partial charge >= 0.3 is 11.9 Å². The third-order valence-corrected chi connectivity index (χ3v) is 7.09. The Balaban J connectivity index is 2.02. The molecule has 0 saturated carbocycles. The molecule has 0 unspecified atom stereocenters. The predicted molar refractivity (Wildman–Crippen MR) is 107 cm³/mol. The van der Waals surface area contributed by atoms with Gasteiger partial charge in [-0.2, -0.15) is 13.2 Å². The SMILES string of the molecule is CCc1c([C@H](C)S(=O)(=O)c2ccccc2)[nH]c(=O)n1Cc1cccc(C(F)(F)F)c1. The van der Waals surface area contributed by atoms with Gasteiger partial charge in [0.2, 0.25) is 0 Å². The molecule has 0 bridgehead atoms. The van der Waals surface area contributed by atoms with Gasteiger partial charge in [-0.15, -0.1) is 0 Å². The van der Waals surface area contributed by atoms with Gasteiger partial charge in [0.1, 0.15) is 5.25 Å². The highest BCUT2D eigenvalue weighted by Crippen LogP contribution is 2.31. The summed E-state index contributed by atoms with van der Waals surface area (Å²) in [7, 11) is -3.76. The van der Waals surface area contributed by atoms with Crippen LogP contribution in [-0.4, -0.2) is 18.0 Å². The van der Waals surface area contributed by atoms with Crippen LogP contribution in [0, 0.1) is 0 Å². The molecule has 0 amide bonds. The molecule has 9 heteroatoms. The summed E-state index contributed by atoms with van der Waals surface area (Å²) in [5.74, 6) is 0. The first-order valence-electron chi connectivity index (χ1n) is 9.32. The summed E-state index contributed by atoms with van der Waals surface area (Å²) in [5, 5.41) is -1.02. The molecular formula is C21H21F3N2O3S. The van der Waals surface area contributed by atoms with E-state index in [9.17, 15) is 26.4 Å². The topological polar surface area (TPSA) is 71.9 Å². The Morgan fingerprint density at radius 3 is 2.33 bits per heavy atom. The highest BCUT2D eigenvalue weighted by atomic mass is 32.2. The second-order valence-electron chi connectivity index (χ2n) is 6.93. The summed E-state index contributed by atoms with van der Waals surface area (Å²) < 4.78 is 66.2. The van der Waals surface area contributed by atoms with Gasteiger partial charge in [-0.05, 0) is 43.2 Å². The van der Waals surface area contributed by atoms with Crippen LogP contribution < -0.4 is 5.69 Å². The van der Waals surface area contributed by atoms with Crippen molar-refractivity contribution in [1.29, 1.82) is 0 Å². The molecule has 1 atom stereocenters. The number of aromatic nitrogens is 2. The van der Waals surface area contributed by atoms with Crippen molar-refractivity contribution in [3.8, 4) is 0 Å². The Kier molecular flexibility index (Phi) is 5.94. The minimum Gasteiger partial charge on any atom is -0.308 e. The fourth-order valence-electron chi connectivity index (χ4n) is 3.41. The molecule has 1 N–H and O–H groups in total. The third kappa shape index (κ3) is 4.21. The van der Waals surface area contributed by atoms with Gasteiger partial charge in [-0.25, -0.2) is 13.2 Å². The minimum atomic E-state index is -4.49. The molecule has 0 saturated heterocycles. The zero-order valence-electron chi connectivity index (χ0n) is 16.4. The average Bonchev–Trinajstić information content (AvgIpc) is 3.02. The van der Waals surface area contributed by atoms with Crippen LogP contribution in [0.1, 0.15) is 41.6 Å². The molecular weight excluding hydrogens is 417 g/mol. The minimum absolute atomic E-state index is 0.0967. The van der Waals surface area contributed by atoms with Crippen molar-refractivity contribution in [1.82, 2.24) is 9.55 Å². The van der Waals surface area contributed by atoms with E-state index in [1.54, 1.807) is 25.1 Å². The van der Waals surface area contributed by atoms with Gasteiger partial charge in [0.05, 0.1) is 22.7 Å². The molecule has 0 spiro atoms. The second kappa shape index (κ2) is 8.14. The number of rotatable bonds is 6.